The molecule has 0 aliphatic heterocycles. The zero-order valence-electron chi connectivity index (χ0n) is 10.1. The minimum absolute atomic E-state index is 0.377. The molecule has 0 spiro atoms. The fourth-order valence-corrected chi connectivity index (χ4v) is 2.83. The Morgan fingerprint density at radius 2 is 2.11 bits per heavy atom. The Labute approximate surface area is 114 Å². The van der Waals surface area contributed by atoms with Gasteiger partial charge in [0.15, 0.2) is 0 Å². The number of carbonyl (C=O) groups excluding carboxylic acids is 1. The van der Waals surface area contributed by atoms with Crippen molar-refractivity contribution in [3.63, 3.8) is 0 Å². The monoisotopic (exact) mass is 275 g/mol. The quantitative estimate of drug-likeness (QED) is 0.832. The zero-order valence-corrected chi connectivity index (χ0v) is 11.0. The average molecular weight is 275 g/mol. The van der Waals surface area contributed by atoms with E-state index in [4.69, 9.17) is 5.73 Å². The highest BCUT2D eigenvalue weighted by Gasteiger charge is 2.30. The number of amides is 1. The van der Waals surface area contributed by atoms with E-state index in [0.717, 1.165) is 18.4 Å². The van der Waals surface area contributed by atoms with Gasteiger partial charge in [0.05, 0.1) is 6.04 Å². The molecule has 2 aromatic rings. The van der Waals surface area contributed by atoms with Gasteiger partial charge in [0.1, 0.15) is 5.25 Å². The molecule has 19 heavy (non-hydrogen) atoms. The molecule has 0 bridgehead atoms. The van der Waals surface area contributed by atoms with Crippen molar-refractivity contribution in [2.24, 2.45) is 5.73 Å². The minimum Gasteiger partial charge on any atom is -0.368 e. The summed E-state index contributed by atoms with van der Waals surface area (Å²) in [6.45, 7) is 0. The van der Waals surface area contributed by atoms with Crippen LogP contribution in [0.15, 0.2) is 35.5 Å². The maximum atomic E-state index is 11.6. The molecule has 1 fully saturated rings. The number of benzene rings is 1. The van der Waals surface area contributed by atoms with E-state index < -0.39 is 5.25 Å². The van der Waals surface area contributed by atoms with E-state index in [9.17, 15) is 4.79 Å². The highest BCUT2D eigenvalue weighted by molar-refractivity contribution is 8.00. The number of aromatic nitrogens is 4. The Bertz CT molecular complexity index is 581. The number of rotatable bonds is 5. The maximum Gasteiger partial charge on any atom is 0.235 e. The van der Waals surface area contributed by atoms with Crippen LogP contribution in [0.1, 0.15) is 29.7 Å². The Morgan fingerprint density at radius 1 is 1.37 bits per heavy atom. The molecular formula is C12H13N5OS. The predicted molar refractivity (Wildman–Crippen MR) is 70.3 cm³/mol. The maximum absolute atomic E-state index is 11.6. The third-order valence-electron chi connectivity index (χ3n) is 2.94. The summed E-state index contributed by atoms with van der Waals surface area (Å²) in [7, 11) is 0. The average Bonchev–Trinajstić information content (AvgIpc) is 3.16. The lowest BCUT2D eigenvalue weighted by molar-refractivity contribution is -0.117. The highest BCUT2D eigenvalue weighted by atomic mass is 32.2. The van der Waals surface area contributed by atoms with Gasteiger partial charge in [0.25, 0.3) is 0 Å². The fraction of sp³-hybridized carbons (Fsp3) is 0.333. The lowest BCUT2D eigenvalue weighted by Crippen LogP contribution is -2.19. The first-order chi connectivity index (χ1) is 9.25. The van der Waals surface area contributed by atoms with Crippen LogP contribution in [0.3, 0.4) is 0 Å². The largest absolute Gasteiger partial charge is 0.368 e. The standard InChI is InChI=1S/C12H13N5OS/c13-11(18)10(8-4-2-1-3-5-8)19-12-14-15-16-17(12)9-6-7-9/h1-5,9-10H,6-7H2,(H2,13,18). The summed E-state index contributed by atoms with van der Waals surface area (Å²) in [5.74, 6) is -0.387. The number of thioether (sulfide) groups is 1. The molecule has 7 heteroatoms. The van der Waals surface area contributed by atoms with Gasteiger partial charge in [0, 0.05) is 0 Å². The van der Waals surface area contributed by atoms with E-state index in [1.54, 1.807) is 4.68 Å². The SMILES string of the molecule is NC(=O)C(Sc1nnnn1C1CC1)c1ccccc1. The number of carbonyl (C=O) groups is 1. The summed E-state index contributed by atoms with van der Waals surface area (Å²) in [6.07, 6.45) is 2.18. The van der Waals surface area contributed by atoms with Crippen LogP contribution < -0.4 is 5.73 Å². The molecule has 1 aromatic heterocycles. The van der Waals surface area contributed by atoms with Crippen LogP contribution in [-0.4, -0.2) is 26.1 Å². The lowest BCUT2D eigenvalue weighted by atomic mass is 10.1. The number of primary amides is 1. The first kappa shape index (κ1) is 12.2. The molecule has 6 nitrogen and oxygen atoms in total. The predicted octanol–water partition coefficient (Wildman–Crippen LogP) is 1.33. The molecule has 1 heterocycles. The van der Waals surface area contributed by atoms with Gasteiger partial charge in [-0.1, -0.05) is 42.1 Å². The Balaban J connectivity index is 1.85. The van der Waals surface area contributed by atoms with Crippen LogP contribution in [0, 0.1) is 0 Å². The van der Waals surface area contributed by atoms with Crippen molar-refractivity contribution >= 4 is 17.7 Å². The number of hydrogen-bond donors (Lipinski definition) is 1. The number of nitrogens with zero attached hydrogens (tertiary/aromatic N) is 4. The normalized spacial score (nSPS) is 16.2. The van der Waals surface area contributed by atoms with Gasteiger partial charge in [0.2, 0.25) is 11.1 Å². The molecule has 2 N–H and O–H groups in total. The van der Waals surface area contributed by atoms with E-state index >= 15 is 0 Å². The molecule has 1 amide bonds. The Kier molecular flexibility index (Phi) is 3.20. The molecule has 1 aliphatic carbocycles. The highest BCUT2D eigenvalue weighted by Crippen LogP contribution is 2.40. The second kappa shape index (κ2) is 5.00. The first-order valence-electron chi connectivity index (χ1n) is 6.04. The molecular weight excluding hydrogens is 262 g/mol. The van der Waals surface area contributed by atoms with Crippen LogP contribution >= 0.6 is 11.8 Å². The van der Waals surface area contributed by atoms with Gasteiger partial charge in [-0.05, 0) is 28.8 Å². The van der Waals surface area contributed by atoms with Gasteiger partial charge < -0.3 is 5.73 Å². The van der Waals surface area contributed by atoms with Gasteiger partial charge in [-0.3, -0.25) is 4.79 Å². The Morgan fingerprint density at radius 3 is 2.74 bits per heavy atom. The second-order valence-corrected chi connectivity index (χ2v) is 5.52. The van der Waals surface area contributed by atoms with Gasteiger partial charge >= 0.3 is 0 Å². The van der Waals surface area contributed by atoms with Crippen LogP contribution in [-0.2, 0) is 4.79 Å². The van der Waals surface area contributed by atoms with Crippen molar-refractivity contribution < 1.29 is 4.79 Å². The fourth-order valence-electron chi connectivity index (χ4n) is 1.83. The van der Waals surface area contributed by atoms with E-state index in [-0.39, 0.29) is 5.91 Å². The van der Waals surface area contributed by atoms with Crippen molar-refractivity contribution in [2.75, 3.05) is 0 Å². The molecule has 1 saturated carbocycles. The van der Waals surface area contributed by atoms with E-state index in [1.807, 2.05) is 30.3 Å². The van der Waals surface area contributed by atoms with E-state index in [1.165, 1.54) is 11.8 Å². The second-order valence-electron chi connectivity index (χ2n) is 4.45. The first-order valence-corrected chi connectivity index (χ1v) is 6.92. The molecule has 1 unspecified atom stereocenters. The van der Waals surface area contributed by atoms with Crippen molar-refractivity contribution in [3.05, 3.63) is 35.9 Å². The molecule has 1 atom stereocenters. The number of tetrazole rings is 1. The molecule has 3 rings (SSSR count). The molecule has 98 valence electrons. The number of hydrogen-bond acceptors (Lipinski definition) is 5. The third-order valence-corrected chi connectivity index (χ3v) is 4.16. The van der Waals surface area contributed by atoms with E-state index in [2.05, 4.69) is 15.5 Å². The molecule has 0 radical (unpaired) electrons. The lowest BCUT2D eigenvalue weighted by Gasteiger charge is -2.12. The molecule has 0 saturated heterocycles. The summed E-state index contributed by atoms with van der Waals surface area (Å²) >= 11 is 1.30. The van der Waals surface area contributed by atoms with Gasteiger partial charge in [-0.25, -0.2) is 4.68 Å². The third kappa shape index (κ3) is 2.60. The Hall–Kier alpha value is -1.89. The zero-order chi connectivity index (χ0) is 13.2. The van der Waals surface area contributed by atoms with Gasteiger partial charge in [-0.2, -0.15) is 0 Å². The van der Waals surface area contributed by atoms with Crippen molar-refractivity contribution in [1.29, 1.82) is 0 Å². The summed E-state index contributed by atoms with van der Waals surface area (Å²) in [4.78, 5) is 11.6. The topological polar surface area (TPSA) is 86.7 Å². The van der Waals surface area contributed by atoms with E-state index in [0.29, 0.717) is 11.2 Å². The minimum atomic E-state index is -0.468. The molecule has 1 aromatic carbocycles. The van der Waals surface area contributed by atoms with Crippen LogP contribution in [0.2, 0.25) is 0 Å². The van der Waals surface area contributed by atoms with Crippen LogP contribution in [0.25, 0.3) is 0 Å². The summed E-state index contributed by atoms with van der Waals surface area (Å²) in [5, 5.41) is 11.8. The van der Waals surface area contributed by atoms with Crippen molar-refractivity contribution in [2.45, 2.75) is 29.3 Å². The van der Waals surface area contributed by atoms with Crippen molar-refractivity contribution in [3.8, 4) is 0 Å². The van der Waals surface area contributed by atoms with Crippen molar-refractivity contribution in [1.82, 2.24) is 20.2 Å². The summed E-state index contributed by atoms with van der Waals surface area (Å²) in [6, 6.07) is 9.81. The summed E-state index contributed by atoms with van der Waals surface area (Å²) < 4.78 is 1.78. The smallest absolute Gasteiger partial charge is 0.235 e. The molecule has 1 aliphatic rings. The van der Waals surface area contributed by atoms with Crippen LogP contribution in [0.4, 0.5) is 0 Å². The van der Waals surface area contributed by atoms with Gasteiger partial charge in [-0.15, -0.1) is 5.10 Å². The van der Waals surface area contributed by atoms with Crippen LogP contribution in [0.5, 0.6) is 0 Å². The summed E-state index contributed by atoms with van der Waals surface area (Å²) in [5.41, 5.74) is 6.36. The number of nitrogens with two attached hydrogens (primary N) is 1.